The molecule has 4 heterocycles. The number of nitro groups is 1. The van der Waals surface area contributed by atoms with Gasteiger partial charge in [-0.2, -0.15) is 9.97 Å². The van der Waals surface area contributed by atoms with Crippen LogP contribution in [0.2, 0.25) is 5.02 Å². The van der Waals surface area contributed by atoms with Gasteiger partial charge in [0.15, 0.2) is 5.82 Å². The van der Waals surface area contributed by atoms with Crippen molar-refractivity contribution in [2.24, 2.45) is 11.8 Å². The van der Waals surface area contributed by atoms with Crippen molar-refractivity contribution in [3.05, 3.63) is 87.8 Å². The molecule has 2 aliphatic heterocycles. The molecule has 8 rings (SSSR count). The average Bonchev–Trinajstić information content (AvgIpc) is 3.65. The molecule has 3 aromatic carbocycles. The van der Waals surface area contributed by atoms with Gasteiger partial charge >= 0.3 is 12.2 Å². The number of benzene rings is 3. The third kappa shape index (κ3) is 6.59. The molecule has 4 atom stereocenters. The smallest absolute Gasteiger partial charge is 0.462 e. The molecular weight excluding hydrogens is 679 g/mol. The van der Waals surface area contributed by atoms with Crippen LogP contribution >= 0.6 is 11.6 Å². The summed E-state index contributed by atoms with van der Waals surface area (Å²) in [6.45, 7) is 2.25. The summed E-state index contributed by atoms with van der Waals surface area (Å²) in [7, 11) is 1.89. The second-order valence-electron chi connectivity index (χ2n) is 13.6. The molecule has 5 aromatic rings. The number of hydrogen-bond donors (Lipinski definition) is 0. The van der Waals surface area contributed by atoms with Gasteiger partial charge in [-0.3, -0.25) is 20.0 Å². The fourth-order valence-electron chi connectivity index (χ4n) is 7.76. The normalized spacial score (nSPS) is 21.7. The number of aromatic nitrogens is 3. The Bertz CT molecular complexity index is 2140. The highest BCUT2D eigenvalue weighted by Gasteiger charge is 2.36. The lowest BCUT2D eigenvalue weighted by molar-refractivity contribution is -0.384. The second-order valence-corrected chi connectivity index (χ2v) is 14.0. The number of carbonyl (C=O) groups is 1. The van der Waals surface area contributed by atoms with Crippen molar-refractivity contribution in [3.63, 3.8) is 0 Å². The summed E-state index contributed by atoms with van der Waals surface area (Å²) in [5.41, 5.74) is 0.724. The number of likely N-dealkylation sites (tertiary alicyclic amines) is 1. The van der Waals surface area contributed by atoms with Gasteiger partial charge < -0.3 is 19.1 Å². The van der Waals surface area contributed by atoms with Crippen molar-refractivity contribution in [1.29, 1.82) is 0 Å². The van der Waals surface area contributed by atoms with Gasteiger partial charge in [-0.1, -0.05) is 41.9 Å². The number of non-ortho nitro benzene ring substituents is 1. The zero-order valence-electron chi connectivity index (χ0n) is 27.7. The molecule has 262 valence electrons. The van der Waals surface area contributed by atoms with Crippen LogP contribution in [0.15, 0.2) is 66.9 Å². The number of likely N-dealkylation sites (N-methyl/N-ethyl adjacent to an activating group) is 1. The second kappa shape index (κ2) is 13.5. The van der Waals surface area contributed by atoms with Crippen molar-refractivity contribution in [2.75, 3.05) is 38.2 Å². The Hall–Kier alpha value is -5.14. The van der Waals surface area contributed by atoms with Crippen LogP contribution < -0.4 is 14.4 Å². The van der Waals surface area contributed by atoms with Gasteiger partial charge in [-0.15, -0.1) is 0 Å². The van der Waals surface area contributed by atoms with E-state index < -0.39 is 23.0 Å². The molecule has 2 saturated heterocycles. The maximum Gasteiger partial charge on any atom is 0.514 e. The third-order valence-corrected chi connectivity index (χ3v) is 10.5. The van der Waals surface area contributed by atoms with Gasteiger partial charge in [0.1, 0.15) is 35.5 Å². The van der Waals surface area contributed by atoms with Crippen molar-refractivity contribution in [3.8, 4) is 23.0 Å². The van der Waals surface area contributed by atoms with E-state index in [0.717, 1.165) is 18.5 Å². The van der Waals surface area contributed by atoms with Crippen LogP contribution in [-0.2, 0) is 4.74 Å². The number of anilines is 1. The molecule has 14 heteroatoms. The van der Waals surface area contributed by atoms with Crippen molar-refractivity contribution < 1.29 is 28.3 Å². The number of piperidine rings is 1. The standard InChI is InChI=1S/C37H34ClFN6O6/c1-43-19-27(51-37(46)50-26-12-10-24(11-13-26)45(47)48)15-25(43)20-49-36-41-34-29(35(42-36)44-17-21-8-9-22(14-21)18-44)16-40-33(32(34)39)28-6-2-4-23-5-3-7-30(38)31(23)28/h2-7,10-13,16,21-22,25,27H,8-9,14-15,17-20H2,1H3/t21?,22?,25-,27+/m0/s1. The van der Waals surface area contributed by atoms with Crippen LogP contribution in [0.1, 0.15) is 25.7 Å². The molecule has 0 amide bonds. The van der Waals surface area contributed by atoms with E-state index in [1.54, 1.807) is 12.3 Å². The monoisotopic (exact) mass is 712 g/mol. The zero-order valence-corrected chi connectivity index (χ0v) is 28.5. The van der Waals surface area contributed by atoms with E-state index in [2.05, 4.69) is 14.9 Å². The topological polar surface area (TPSA) is 133 Å². The average molecular weight is 713 g/mol. The summed E-state index contributed by atoms with van der Waals surface area (Å²) in [6, 6.07) is 16.2. The minimum Gasteiger partial charge on any atom is -0.462 e. The Morgan fingerprint density at radius 1 is 1.02 bits per heavy atom. The van der Waals surface area contributed by atoms with Crippen LogP contribution in [0.25, 0.3) is 32.9 Å². The van der Waals surface area contributed by atoms with Crippen molar-refractivity contribution >= 4 is 50.9 Å². The summed E-state index contributed by atoms with van der Waals surface area (Å²) in [6.07, 6.45) is 4.25. The first-order valence-electron chi connectivity index (χ1n) is 16.9. The number of hydrogen-bond acceptors (Lipinski definition) is 11. The molecule has 0 N–H and O–H groups in total. The summed E-state index contributed by atoms with van der Waals surface area (Å²) in [5.74, 6) is 1.28. The number of rotatable bonds is 8. The number of pyridine rings is 1. The predicted molar refractivity (Wildman–Crippen MR) is 189 cm³/mol. The van der Waals surface area contributed by atoms with E-state index in [9.17, 15) is 14.9 Å². The van der Waals surface area contributed by atoms with Gasteiger partial charge in [0, 0.05) is 66.4 Å². The molecule has 2 aromatic heterocycles. The SMILES string of the molecule is CN1C[C@H](OC(=O)Oc2ccc([N+](=O)[O-])cc2)C[C@H]1COc1nc(N2CC3CCC(C3)C2)c2cnc(-c3cccc4cccc(Cl)c34)c(F)c2n1. The Morgan fingerprint density at radius 3 is 2.51 bits per heavy atom. The van der Waals surface area contributed by atoms with Gasteiger partial charge in [-0.25, -0.2) is 9.18 Å². The lowest BCUT2D eigenvalue weighted by atomic mass is 9.98. The lowest BCUT2D eigenvalue weighted by Crippen LogP contribution is -2.37. The van der Waals surface area contributed by atoms with Crippen molar-refractivity contribution in [1.82, 2.24) is 19.9 Å². The van der Waals surface area contributed by atoms with Crippen LogP contribution in [0.5, 0.6) is 11.8 Å². The predicted octanol–water partition coefficient (Wildman–Crippen LogP) is 7.45. The van der Waals surface area contributed by atoms with Crippen LogP contribution in [0.4, 0.5) is 20.7 Å². The van der Waals surface area contributed by atoms with Gasteiger partial charge in [0.2, 0.25) is 0 Å². The van der Waals surface area contributed by atoms with Crippen LogP contribution in [0, 0.1) is 27.8 Å². The summed E-state index contributed by atoms with van der Waals surface area (Å²) < 4.78 is 33.7. The summed E-state index contributed by atoms with van der Waals surface area (Å²) in [4.78, 5) is 41.2. The van der Waals surface area contributed by atoms with E-state index in [1.807, 2.05) is 42.3 Å². The minimum atomic E-state index is -0.908. The fourth-order valence-corrected chi connectivity index (χ4v) is 8.04. The Labute approximate surface area is 297 Å². The molecule has 1 saturated carbocycles. The lowest BCUT2D eigenvalue weighted by Gasteiger charge is -2.33. The van der Waals surface area contributed by atoms with E-state index in [0.29, 0.717) is 52.0 Å². The van der Waals surface area contributed by atoms with E-state index in [4.69, 9.17) is 30.8 Å². The van der Waals surface area contributed by atoms with Crippen molar-refractivity contribution in [2.45, 2.75) is 37.8 Å². The fraction of sp³-hybridized carbons (Fsp3) is 0.351. The van der Waals surface area contributed by atoms with Crippen LogP contribution in [0.3, 0.4) is 0 Å². The molecule has 3 fully saturated rings. The van der Waals surface area contributed by atoms with E-state index >= 15 is 4.39 Å². The van der Waals surface area contributed by atoms with Gasteiger partial charge in [0.05, 0.1) is 10.3 Å². The molecule has 0 spiro atoms. The van der Waals surface area contributed by atoms with Gasteiger partial charge in [-0.05, 0) is 61.7 Å². The zero-order chi connectivity index (χ0) is 35.2. The molecule has 3 aliphatic rings. The number of carbonyl (C=O) groups excluding carboxylic acids is 1. The maximum atomic E-state index is 16.7. The van der Waals surface area contributed by atoms with Crippen LogP contribution in [-0.4, -0.2) is 76.4 Å². The Morgan fingerprint density at radius 2 is 1.76 bits per heavy atom. The highest BCUT2D eigenvalue weighted by molar-refractivity contribution is 6.36. The molecule has 0 radical (unpaired) electrons. The quantitative estimate of drug-likeness (QED) is 0.0688. The molecule has 51 heavy (non-hydrogen) atoms. The number of nitrogens with zero attached hydrogens (tertiary/aromatic N) is 6. The summed E-state index contributed by atoms with van der Waals surface area (Å²) >= 11 is 6.61. The molecule has 1 aliphatic carbocycles. The molecule has 12 nitrogen and oxygen atoms in total. The highest BCUT2D eigenvalue weighted by Crippen LogP contribution is 2.41. The number of nitro benzene ring substituents is 1. The molecular formula is C37H34ClFN6O6. The highest BCUT2D eigenvalue weighted by atomic mass is 35.5. The molecule has 2 unspecified atom stereocenters. The molecule has 2 bridgehead atoms. The Balaban J connectivity index is 1.04. The summed E-state index contributed by atoms with van der Waals surface area (Å²) in [5, 5.41) is 13.5. The van der Waals surface area contributed by atoms with E-state index in [1.165, 1.54) is 43.5 Å². The van der Waals surface area contributed by atoms with Gasteiger partial charge in [0.25, 0.3) is 5.69 Å². The third-order valence-electron chi connectivity index (χ3n) is 10.2. The minimum absolute atomic E-state index is 0.0535. The van der Waals surface area contributed by atoms with E-state index in [-0.39, 0.29) is 41.3 Å². The first-order chi connectivity index (χ1) is 24.7. The number of ether oxygens (including phenoxy) is 3. The largest absolute Gasteiger partial charge is 0.514 e. The number of halogens is 2. The maximum absolute atomic E-state index is 16.7. The number of fused-ring (bicyclic) bond motifs is 4. The first-order valence-corrected chi connectivity index (χ1v) is 17.3. The Kier molecular flexibility index (Phi) is 8.76. The first kappa shape index (κ1) is 33.0.